The van der Waals surface area contributed by atoms with Crippen LogP contribution >= 0.6 is 11.6 Å². The summed E-state index contributed by atoms with van der Waals surface area (Å²) in [5.74, 6) is -4.36. The molecule has 105 heavy (non-hydrogen) atoms. The van der Waals surface area contributed by atoms with Gasteiger partial charge in [0.25, 0.3) is 0 Å². The van der Waals surface area contributed by atoms with E-state index < -0.39 is 58.9 Å². The van der Waals surface area contributed by atoms with Gasteiger partial charge in [-0.25, -0.2) is 28.1 Å². The maximum atomic E-state index is 14.3. The van der Waals surface area contributed by atoms with Gasteiger partial charge in [0.15, 0.2) is 0 Å². The maximum Gasteiger partial charge on any atom is 0.335 e. The number of aromatic carboxylic acids is 3. The van der Waals surface area contributed by atoms with E-state index in [2.05, 4.69) is 87.7 Å². The molecule has 14 aromatic rings. The minimum absolute atomic E-state index is 0.00956. The second-order valence-corrected chi connectivity index (χ2v) is 27.2. The minimum Gasteiger partial charge on any atom is -0.478 e. The molecule has 19 nitrogen and oxygen atoms in total. The number of nitrogens with zero attached hydrogens (tertiary/aromatic N) is 9. The molecule has 1 saturated carbocycles. The van der Waals surface area contributed by atoms with Gasteiger partial charge in [0.05, 0.1) is 92.5 Å². The van der Waals surface area contributed by atoms with Crippen LogP contribution in [0.3, 0.4) is 0 Å². The van der Waals surface area contributed by atoms with E-state index in [9.17, 15) is 49.0 Å². The summed E-state index contributed by atoms with van der Waals surface area (Å²) in [4.78, 5) is 39.0. The average Bonchev–Trinajstić information content (AvgIpc) is 1.56. The molecule has 8 heterocycles. The van der Waals surface area contributed by atoms with Gasteiger partial charge in [-0.3, -0.25) is 15.3 Å². The normalized spacial score (nSPS) is 14.5. The lowest BCUT2D eigenvalue weighted by molar-refractivity contribution is 0.0686. The van der Waals surface area contributed by atoms with Crippen molar-refractivity contribution in [2.24, 2.45) is 0 Å². The van der Waals surface area contributed by atoms with E-state index in [4.69, 9.17) is 21.8 Å². The standard InChI is InChI=1S/C29H23FN4O2.C27H22ClN5O2.C27H24FN3O3/c1-17-13-21(7-8-23(17)30)34-25-14-20-16-32-33-24(20)15-22(25)26(18-3-5-19(6-4-18)28(35)36)27(34)29(11-12-31)9-2-10-29;1-27(2,9-10-29)24-23(16-5-7-17(8-6-16)26(34)35)20-13-21-19(14-31-32-21)12-22(20)33(24)15-18-4-3-11-30-25(18)28;1-2-21(28)4-3-11-31-24-14-20-16-29-30-23(20)15-22(24)25(26(31)18-9-12-34-13-10-18)17-5-7-19(8-6-17)27(32)33/h3-8,13-16H,2,9-11H2,1H3,(H,32,33)(H,35,36);3-8,11-14H,9,15H2,1-2H3,(H,31,32)(H,34,35);2-8,11,14-16,18H,1,9-10,12-13H2,(H,29,30)(H,32,33)/b;;11-3+,21-4+/i;;1+1,2+1,3+1,4+1,5D,6D,7D,8D,11+1,21+1. The molecule has 0 radical (unpaired) electrons. The molecule has 0 amide bonds. The first-order valence-electron chi connectivity index (χ1n) is 35.8. The van der Waals surface area contributed by atoms with Crippen molar-refractivity contribution in [2.45, 2.75) is 89.0 Å². The number of aryl methyl sites for hydroxylation is 1. The quantitative estimate of drug-likeness (QED) is 0.0281. The van der Waals surface area contributed by atoms with Crippen molar-refractivity contribution in [1.29, 1.82) is 10.5 Å². The summed E-state index contributed by atoms with van der Waals surface area (Å²) >= 11 is 6.45. The number of fused-ring (bicyclic) bond motifs is 6. The van der Waals surface area contributed by atoms with Crippen LogP contribution in [-0.4, -0.2) is 95.7 Å². The number of aromatic amines is 3. The number of rotatable bonds is 17. The lowest BCUT2D eigenvalue weighted by Gasteiger charge is -2.42. The number of carbonyl (C=O) groups is 3. The zero-order valence-electron chi connectivity index (χ0n) is 61.1. The Kier molecular flexibility index (Phi) is 17.6. The Morgan fingerprint density at radius 1 is 0.733 bits per heavy atom. The van der Waals surface area contributed by atoms with Crippen LogP contribution in [-0.2, 0) is 22.1 Å². The fraction of sp³-hybridized carbons (Fsp3) is 0.193. The third-order valence-electron chi connectivity index (χ3n) is 19.9. The van der Waals surface area contributed by atoms with Gasteiger partial charge in [-0.15, -0.1) is 0 Å². The Hall–Kier alpha value is -12.6. The molecule has 0 unspecified atom stereocenters. The van der Waals surface area contributed by atoms with E-state index in [-0.39, 0.29) is 33.8 Å². The molecule has 1 aliphatic heterocycles. The van der Waals surface area contributed by atoms with Crippen LogP contribution in [0.1, 0.15) is 129 Å². The van der Waals surface area contributed by atoms with Gasteiger partial charge < -0.3 is 33.8 Å². The van der Waals surface area contributed by atoms with Gasteiger partial charge in [-0.05, 0) is 170 Å². The first kappa shape index (κ1) is 64.5. The van der Waals surface area contributed by atoms with Gasteiger partial charge in [0.2, 0.25) is 0 Å². The van der Waals surface area contributed by atoms with Gasteiger partial charge in [0.1, 0.15) is 16.8 Å². The second kappa shape index (κ2) is 28.7. The maximum absolute atomic E-state index is 14.3. The van der Waals surface area contributed by atoms with Crippen molar-refractivity contribution < 1.29 is 48.7 Å². The third-order valence-corrected chi connectivity index (χ3v) is 20.3. The summed E-state index contributed by atoms with van der Waals surface area (Å²) in [6, 6.07) is 37.3. The van der Waals surface area contributed by atoms with E-state index in [0.29, 0.717) is 78.1 Å². The number of nitrogens with one attached hydrogen (secondary N) is 3. The number of nitriles is 2. The van der Waals surface area contributed by atoms with Gasteiger partial charge >= 0.3 is 17.9 Å². The number of carboxylic acid groups (broad SMARTS) is 3. The molecule has 22 heteroatoms. The highest BCUT2D eigenvalue weighted by atomic mass is 35.5. The average molecular weight is 1430 g/mol. The number of pyridine rings is 1. The summed E-state index contributed by atoms with van der Waals surface area (Å²) in [7, 11) is 0. The van der Waals surface area contributed by atoms with Crippen LogP contribution in [0.2, 0.25) is 5.15 Å². The van der Waals surface area contributed by atoms with Crippen LogP contribution in [0.15, 0.2) is 195 Å². The summed E-state index contributed by atoms with van der Waals surface area (Å²) < 4.78 is 74.2. The number of ether oxygens (including phenoxy) is 1. The Balaban J connectivity index is 0.000000137. The molecule has 16 rings (SSSR count). The van der Waals surface area contributed by atoms with E-state index >= 15 is 0 Å². The van der Waals surface area contributed by atoms with Crippen molar-refractivity contribution in [1.82, 2.24) is 49.3 Å². The van der Waals surface area contributed by atoms with Crippen molar-refractivity contribution in [3.8, 4) is 51.2 Å². The van der Waals surface area contributed by atoms with E-state index in [1.165, 1.54) is 18.2 Å². The van der Waals surface area contributed by atoms with Crippen molar-refractivity contribution in [3.63, 3.8) is 0 Å². The van der Waals surface area contributed by atoms with Gasteiger partial charge in [-0.2, -0.15) is 25.8 Å². The molecule has 0 spiro atoms. The number of hydrogen-bond acceptors (Lipinski definition) is 10. The highest BCUT2D eigenvalue weighted by Gasteiger charge is 2.44. The number of hydrogen-bond donors (Lipinski definition) is 6. The first-order valence-corrected chi connectivity index (χ1v) is 34.2. The largest absolute Gasteiger partial charge is 0.478 e. The van der Waals surface area contributed by atoms with Crippen LogP contribution in [0, 0.1) is 35.4 Å². The number of carboxylic acids is 3. The smallest absolute Gasteiger partial charge is 0.335 e. The molecule has 0 bridgehead atoms. The monoisotopic (exact) mass is 1430 g/mol. The summed E-state index contributed by atoms with van der Waals surface area (Å²) in [6.07, 6.45) is 17.2. The first-order chi connectivity index (χ1) is 52.5. The number of benzene rings is 7. The highest BCUT2D eigenvalue weighted by molar-refractivity contribution is 6.30. The Bertz CT molecular complexity index is 6160. The van der Waals surface area contributed by atoms with Crippen molar-refractivity contribution >= 4 is 101 Å². The summed E-state index contributed by atoms with van der Waals surface area (Å²) in [6.45, 7) is 10.7. The Morgan fingerprint density at radius 2 is 1.30 bits per heavy atom. The van der Waals surface area contributed by atoms with Crippen LogP contribution in [0.4, 0.5) is 8.78 Å². The number of H-pyrrole nitrogens is 3. The molecule has 524 valence electrons. The number of halogens is 3. The fourth-order valence-corrected chi connectivity index (χ4v) is 14.9. The SMILES string of the molecule is CC(C)(CC#N)c1c(-c2ccc(C(=O)O)cc2)c2cc3[nH]ncc3cc2n1Cc1cccnc1Cl.Cc1cc(-n2c(C3(CC#N)CCC3)c(-c3ccc(C(=O)O)cc3)c3cc4[nH]ncc4cc32)ccc1F.[2H]c1c([2H])c(-c2c(C3CCOCC3)n(/[13CH]=[13CH]/[13CH]=[13C](/F)[13CH]=[13CH2])c3cc4cn[nH]c4cc23)c([2H])c([2H])c1C(=O)O. The zero-order valence-corrected chi connectivity index (χ0v) is 57.8. The summed E-state index contributed by atoms with van der Waals surface area (Å²) in [5, 5.41) is 75.1. The van der Waals surface area contributed by atoms with E-state index in [0.717, 1.165) is 125 Å². The Labute approximate surface area is 610 Å². The van der Waals surface area contributed by atoms with Crippen LogP contribution in [0.25, 0.3) is 111 Å². The number of aromatic nitrogens is 10. The molecule has 1 saturated heterocycles. The minimum atomic E-state index is -1.53. The van der Waals surface area contributed by atoms with Crippen molar-refractivity contribution in [2.75, 3.05) is 13.2 Å². The van der Waals surface area contributed by atoms with Crippen LogP contribution < -0.4 is 0 Å². The topological polar surface area (TPSA) is 282 Å². The lowest BCUT2D eigenvalue weighted by atomic mass is 9.63. The Morgan fingerprint density at radius 3 is 1.83 bits per heavy atom. The zero-order chi connectivity index (χ0) is 76.9. The molecule has 7 aromatic carbocycles. The van der Waals surface area contributed by atoms with E-state index in [1.807, 2.05) is 73.0 Å². The highest BCUT2D eigenvalue weighted by Crippen LogP contribution is 2.54. The summed E-state index contributed by atoms with van der Waals surface area (Å²) in [5.41, 5.74) is 13.0. The molecule has 6 N–H and O–H groups in total. The second-order valence-electron chi connectivity index (χ2n) is 26.9. The molecular formula is C83H69ClF2N12O7. The molecule has 1 aliphatic carbocycles. The predicted octanol–water partition coefficient (Wildman–Crippen LogP) is 19.1. The van der Waals surface area contributed by atoms with Gasteiger partial charge in [0, 0.05) is 133 Å². The fourth-order valence-electron chi connectivity index (χ4n) is 14.7. The van der Waals surface area contributed by atoms with Crippen molar-refractivity contribution in [3.05, 3.63) is 251 Å². The van der Waals surface area contributed by atoms with Gasteiger partial charge in [-0.1, -0.05) is 80.9 Å². The predicted molar refractivity (Wildman–Crippen MR) is 403 cm³/mol. The van der Waals surface area contributed by atoms with E-state index in [1.54, 1.807) is 68.2 Å². The molecular weight excluding hydrogens is 1360 g/mol. The molecule has 2 fully saturated rings. The number of allylic oxidation sites excluding steroid dienone is 4. The molecule has 2 aliphatic rings. The molecule has 0 atom stereocenters. The third kappa shape index (κ3) is 13.2. The lowest BCUT2D eigenvalue weighted by Crippen LogP contribution is -2.36. The van der Waals surface area contributed by atoms with Crippen LogP contribution in [0.5, 0.6) is 0 Å². The molecule has 7 aromatic heterocycles.